The van der Waals surface area contributed by atoms with Crippen molar-refractivity contribution in [1.29, 1.82) is 0 Å². The van der Waals surface area contributed by atoms with E-state index >= 15 is 0 Å². The highest BCUT2D eigenvalue weighted by Crippen LogP contribution is 2.21. The Hall–Kier alpha value is -1.82. The standard InChI is InChI=1S/C15H17BrN2O3/c16-12-3-4-13-11(10-12)5-8-18(13)9-6-14(19)17-7-1-2-15(20)21/h3-5,8,10H,1-2,6-7,9H2,(H,17,19)(H,20,21). The Morgan fingerprint density at radius 2 is 2.05 bits per heavy atom. The van der Waals surface area contributed by atoms with Gasteiger partial charge in [-0.3, -0.25) is 9.59 Å². The van der Waals surface area contributed by atoms with Crippen molar-refractivity contribution >= 4 is 38.7 Å². The van der Waals surface area contributed by atoms with Gasteiger partial charge in [0, 0.05) is 47.5 Å². The molecule has 0 bridgehead atoms. The maximum Gasteiger partial charge on any atom is 0.303 e. The van der Waals surface area contributed by atoms with Gasteiger partial charge in [0.05, 0.1) is 0 Å². The summed E-state index contributed by atoms with van der Waals surface area (Å²) in [6.07, 6.45) is 2.89. The van der Waals surface area contributed by atoms with Crippen LogP contribution in [-0.4, -0.2) is 28.1 Å². The first-order chi connectivity index (χ1) is 10.1. The SMILES string of the molecule is O=C(O)CCCNC(=O)CCn1ccc2cc(Br)ccc21. The van der Waals surface area contributed by atoms with E-state index in [1.165, 1.54) is 0 Å². The van der Waals surface area contributed by atoms with E-state index < -0.39 is 5.97 Å². The van der Waals surface area contributed by atoms with E-state index in [4.69, 9.17) is 5.11 Å². The number of nitrogens with one attached hydrogen (secondary N) is 1. The van der Waals surface area contributed by atoms with Gasteiger partial charge in [-0.15, -0.1) is 0 Å². The predicted molar refractivity (Wildman–Crippen MR) is 84.1 cm³/mol. The number of benzene rings is 1. The van der Waals surface area contributed by atoms with Gasteiger partial charge >= 0.3 is 5.97 Å². The number of halogens is 1. The molecule has 112 valence electrons. The first kappa shape index (κ1) is 15.6. The van der Waals surface area contributed by atoms with Gasteiger partial charge in [0.15, 0.2) is 0 Å². The third-order valence-electron chi connectivity index (χ3n) is 3.20. The molecule has 0 aliphatic carbocycles. The number of aliphatic carboxylic acids is 1. The van der Waals surface area contributed by atoms with Gasteiger partial charge in [0.2, 0.25) is 5.91 Å². The van der Waals surface area contributed by atoms with Crippen LogP contribution in [0.4, 0.5) is 0 Å². The second kappa shape index (κ2) is 7.26. The lowest BCUT2D eigenvalue weighted by molar-refractivity contribution is -0.137. The Morgan fingerprint density at radius 3 is 2.81 bits per heavy atom. The fourth-order valence-electron chi connectivity index (χ4n) is 2.14. The Kier molecular flexibility index (Phi) is 5.38. The molecule has 0 atom stereocenters. The average molecular weight is 353 g/mol. The summed E-state index contributed by atoms with van der Waals surface area (Å²) in [5.41, 5.74) is 1.09. The maximum atomic E-state index is 11.7. The quantitative estimate of drug-likeness (QED) is 0.752. The number of carboxylic acids is 1. The molecular formula is C15H17BrN2O3. The predicted octanol–water partition coefficient (Wildman–Crippen LogP) is 2.77. The van der Waals surface area contributed by atoms with Crippen molar-refractivity contribution in [3.63, 3.8) is 0 Å². The Morgan fingerprint density at radius 1 is 1.24 bits per heavy atom. The molecule has 2 rings (SSSR count). The summed E-state index contributed by atoms with van der Waals surface area (Å²) >= 11 is 3.43. The van der Waals surface area contributed by atoms with Crippen LogP contribution in [0.15, 0.2) is 34.9 Å². The van der Waals surface area contributed by atoms with Gasteiger partial charge in [-0.05, 0) is 30.7 Å². The summed E-state index contributed by atoms with van der Waals surface area (Å²) in [5, 5.41) is 12.4. The van der Waals surface area contributed by atoms with Crippen molar-refractivity contribution in [3.8, 4) is 0 Å². The molecule has 2 aromatic rings. The Labute approximate surface area is 131 Å². The van der Waals surface area contributed by atoms with Crippen molar-refractivity contribution < 1.29 is 14.7 Å². The van der Waals surface area contributed by atoms with Gasteiger partial charge in [-0.1, -0.05) is 15.9 Å². The lowest BCUT2D eigenvalue weighted by atomic mass is 10.2. The monoisotopic (exact) mass is 352 g/mol. The zero-order chi connectivity index (χ0) is 15.2. The number of carboxylic acid groups (broad SMARTS) is 1. The summed E-state index contributed by atoms with van der Waals surface area (Å²) in [6.45, 7) is 1.01. The molecule has 0 fully saturated rings. The van der Waals surface area contributed by atoms with Crippen LogP contribution in [0.3, 0.4) is 0 Å². The molecule has 5 nitrogen and oxygen atoms in total. The van der Waals surface area contributed by atoms with Crippen molar-refractivity contribution in [2.75, 3.05) is 6.54 Å². The number of fused-ring (bicyclic) bond motifs is 1. The van der Waals surface area contributed by atoms with Crippen molar-refractivity contribution in [3.05, 3.63) is 34.9 Å². The van der Waals surface area contributed by atoms with Crippen molar-refractivity contribution in [2.45, 2.75) is 25.8 Å². The topological polar surface area (TPSA) is 71.3 Å². The average Bonchev–Trinajstić information content (AvgIpc) is 2.83. The molecule has 21 heavy (non-hydrogen) atoms. The molecule has 0 radical (unpaired) electrons. The fraction of sp³-hybridized carbons (Fsp3) is 0.333. The molecule has 0 aliphatic rings. The second-order valence-corrected chi connectivity index (χ2v) is 5.73. The lowest BCUT2D eigenvalue weighted by Crippen LogP contribution is -2.25. The molecule has 0 spiro atoms. The van der Waals surface area contributed by atoms with Crippen LogP contribution in [0.25, 0.3) is 10.9 Å². The number of rotatable bonds is 7. The second-order valence-electron chi connectivity index (χ2n) is 4.81. The van der Waals surface area contributed by atoms with E-state index in [1.807, 2.05) is 35.0 Å². The largest absolute Gasteiger partial charge is 0.481 e. The minimum Gasteiger partial charge on any atom is -0.481 e. The highest BCUT2D eigenvalue weighted by molar-refractivity contribution is 9.10. The number of nitrogens with zero attached hydrogens (tertiary/aromatic N) is 1. The van der Waals surface area contributed by atoms with Crippen LogP contribution in [0.2, 0.25) is 0 Å². The molecule has 1 aromatic heterocycles. The van der Waals surface area contributed by atoms with Crippen LogP contribution in [0.5, 0.6) is 0 Å². The molecule has 2 N–H and O–H groups in total. The zero-order valence-corrected chi connectivity index (χ0v) is 13.1. The molecule has 0 unspecified atom stereocenters. The molecule has 1 amide bonds. The van der Waals surface area contributed by atoms with Gasteiger partial charge in [-0.2, -0.15) is 0 Å². The van der Waals surface area contributed by atoms with Gasteiger partial charge in [-0.25, -0.2) is 0 Å². The van der Waals surface area contributed by atoms with Crippen molar-refractivity contribution in [2.24, 2.45) is 0 Å². The smallest absolute Gasteiger partial charge is 0.303 e. The molecule has 1 heterocycles. The molecule has 6 heteroatoms. The van der Waals surface area contributed by atoms with E-state index in [1.54, 1.807) is 0 Å². The Balaban J connectivity index is 1.81. The highest BCUT2D eigenvalue weighted by Gasteiger charge is 2.05. The Bertz CT molecular complexity index is 651. The van der Waals surface area contributed by atoms with Gasteiger partial charge in [0.25, 0.3) is 0 Å². The maximum absolute atomic E-state index is 11.7. The molecule has 1 aromatic carbocycles. The van der Waals surface area contributed by atoms with Gasteiger partial charge < -0.3 is 15.0 Å². The first-order valence-corrected chi connectivity index (χ1v) is 7.58. The molecule has 0 aliphatic heterocycles. The summed E-state index contributed by atoms with van der Waals surface area (Å²) < 4.78 is 3.07. The summed E-state index contributed by atoms with van der Waals surface area (Å²) in [6, 6.07) is 8.05. The number of hydrogen-bond donors (Lipinski definition) is 2. The van der Waals surface area contributed by atoms with E-state index in [0.29, 0.717) is 25.9 Å². The number of aromatic nitrogens is 1. The van der Waals surface area contributed by atoms with Crippen LogP contribution in [0, 0.1) is 0 Å². The van der Waals surface area contributed by atoms with E-state index in [-0.39, 0.29) is 12.3 Å². The van der Waals surface area contributed by atoms with Crippen LogP contribution in [0.1, 0.15) is 19.3 Å². The molecular weight excluding hydrogens is 336 g/mol. The van der Waals surface area contributed by atoms with Gasteiger partial charge in [0.1, 0.15) is 0 Å². The molecule has 0 saturated carbocycles. The number of hydrogen-bond acceptors (Lipinski definition) is 2. The fourth-order valence-corrected chi connectivity index (χ4v) is 2.52. The molecule has 0 saturated heterocycles. The van der Waals surface area contributed by atoms with Crippen molar-refractivity contribution in [1.82, 2.24) is 9.88 Å². The third kappa shape index (κ3) is 4.60. The highest BCUT2D eigenvalue weighted by atomic mass is 79.9. The van der Waals surface area contributed by atoms with E-state index in [2.05, 4.69) is 21.2 Å². The zero-order valence-electron chi connectivity index (χ0n) is 11.5. The summed E-state index contributed by atoms with van der Waals surface area (Å²) in [7, 11) is 0. The summed E-state index contributed by atoms with van der Waals surface area (Å²) in [5.74, 6) is -0.895. The third-order valence-corrected chi connectivity index (χ3v) is 3.70. The summed E-state index contributed by atoms with van der Waals surface area (Å²) in [4.78, 5) is 22.0. The number of carbonyl (C=O) groups is 2. The van der Waals surface area contributed by atoms with Crippen LogP contribution in [-0.2, 0) is 16.1 Å². The van der Waals surface area contributed by atoms with Crippen LogP contribution < -0.4 is 5.32 Å². The number of aryl methyl sites for hydroxylation is 1. The van der Waals surface area contributed by atoms with E-state index in [0.717, 1.165) is 15.4 Å². The minimum atomic E-state index is -0.839. The van der Waals surface area contributed by atoms with Crippen LogP contribution >= 0.6 is 15.9 Å². The lowest BCUT2D eigenvalue weighted by Gasteiger charge is -2.07. The number of amides is 1. The first-order valence-electron chi connectivity index (χ1n) is 6.79. The minimum absolute atomic E-state index is 0.0562. The normalized spacial score (nSPS) is 10.7. The van der Waals surface area contributed by atoms with E-state index in [9.17, 15) is 9.59 Å². The number of carbonyl (C=O) groups excluding carboxylic acids is 1.